The number of benzene rings is 2. The fourth-order valence-electron chi connectivity index (χ4n) is 2.63. The van der Waals surface area contributed by atoms with Crippen molar-refractivity contribution in [2.75, 3.05) is 20.3 Å². The number of terminal acetylenes is 1. The monoisotopic (exact) mass is 412 g/mol. The van der Waals surface area contributed by atoms with Gasteiger partial charge in [0.25, 0.3) is 0 Å². The van der Waals surface area contributed by atoms with Gasteiger partial charge in [0.05, 0.1) is 13.7 Å². The lowest BCUT2D eigenvalue weighted by Gasteiger charge is -2.36. The largest absolute Gasteiger partial charge is 0.497 e. The molecule has 1 N–H and O–H groups in total. The summed E-state index contributed by atoms with van der Waals surface area (Å²) in [6, 6.07) is 14.3. The van der Waals surface area contributed by atoms with Gasteiger partial charge in [-0.25, -0.2) is 0 Å². The Morgan fingerprint density at radius 1 is 0.897 bits per heavy atom. The van der Waals surface area contributed by atoms with E-state index in [2.05, 4.69) is 39.8 Å². The van der Waals surface area contributed by atoms with E-state index >= 15 is 0 Å². The molecule has 1 unspecified atom stereocenters. The lowest BCUT2D eigenvalue weighted by molar-refractivity contribution is 0.145. The first-order valence-electron chi connectivity index (χ1n) is 9.75. The van der Waals surface area contributed by atoms with Gasteiger partial charge in [-0.2, -0.15) is 0 Å². The van der Waals surface area contributed by atoms with Gasteiger partial charge in [-0.3, -0.25) is 0 Å². The summed E-state index contributed by atoms with van der Waals surface area (Å²) in [4.78, 5) is 0. The Balaban J connectivity index is 2.02. The van der Waals surface area contributed by atoms with Gasteiger partial charge in [-0.1, -0.05) is 51.0 Å². The second-order valence-electron chi connectivity index (χ2n) is 8.56. The summed E-state index contributed by atoms with van der Waals surface area (Å²) in [5.41, 5.74) is -0.303. The quantitative estimate of drug-likeness (QED) is 0.378. The lowest BCUT2D eigenvalue weighted by Crippen LogP contribution is -2.41. The Kier molecular flexibility index (Phi) is 7.18. The van der Waals surface area contributed by atoms with Gasteiger partial charge in [0.1, 0.15) is 18.1 Å². The summed E-state index contributed by atoms with van der Waals surface area (Å²) in [6.07, 6.45) is 5.68. The minimum absolute atomic E-state index is 0.176. The molecule has 2 aromatic carbocycles. The minimum atomic E-state index is -1.77. The van der Waals surface area contributed by atoms with E-state index in [1.807, 2.05) is 12.1 Å². The molecule has 0 amide bonds. The molecular weight excluding hydrogens is 380 g/mol. The Morgan fingerprint density at radius 3 is 1.79 bits per heavy atom. The van der Waals surface area contributed by atoms with Crippen molar-refractivity contribution < 1.29 is 19.0 Å². The van der Waals surface area contributed by atoms with E-state index in [0.717, 1.165) is 0 Å². The number of ether oxygens (including phenoxy) is 2. The third kappa shape index (κ3) is 5.42. The van der Waals surface area contributed by atoms with Crippen LogP contribution in [0.15, 0.2) is 48.5 Å². The second kappa shape index (κ2) is 9.04. The van der Waals surface area contributed by atoms with Crippen LogP contribution in [0.25, 0.3) is 0 Å². The van der Waals surface area contributed by atoms with Gasteiger partial charge < -0.3 is 19.0 Å². The van der Waals surface area contributed by atoms with Gasteiger partial charge in [0.15, 0.2) is 13.9 Å². The molecular formula is C24H32O4Si. The van der Waals surface area contributed by atoms with Crippen molar-refractivity contribution in [1.29, 1.82) is 0 Å². The summed E-state index contributed by atoms with van der Waals surface area (Å²) >= 11 is 0. The highest BCUT2D eigenvalue weighted by molar-refractivity contribution is 6.74. The van der Waals surface area contributed by atoms with Crippen LogP contribution in [0.3, 0.4) is 0 Å². The Labute approximate surface area is 176 Å². The van der Waals surface area contributed by atoms with Crippen molar-refractivity contribution >= 4 is 8.32 Å². The van der Waals surface area contributed by atoms with Crippen molar-refractivity contribution in [1.82, 2.24) is 0 Å². The zero-order valence-corrected chi connectivity index (χ0v) is 19.3. The van der Waals surface area contributed by atoms with E-state index < -0.39 is 13.9 Å². The first-order chi connectivity index (χ1) is 13.5. The fourth-order valence-corrected chi connectivity index (χ4v) is 3.66. The highest BCUT2D eigenvalue weighted by Crippen LogP contribution is 2.36. The van der Waals surface area contributed by atoms with Crippen LogP contribution in [0, 0.1) is 12.3 Å². The van der Waals surface area contributed by atoms with Gasteiger partial charge in [0.2, 0.25) is 0 Å². The molecule has 0 saturated heterocycles. The van der Waals surface area contributed by atoms with Crippen LogP contribution in [-0.2, 0) is 10.0 Å². The number of aliphatic hydroxyl groups is 1. The molecule has 0 radical (unpaired) electrons. The topological polar surface area (TPSA) is 47.9 Å². The van der Waals surface area contributed by atoms with E-state index in [9.17, 15) is 5.11 Å². The van der Waals surface area contributed by atoms with Crippen LogP contribution in [0.2, 0.25) is 18.1 Å². The normalized spacial score (nSPS) is 14.0. The fraction of sp³-hybridized carbons (Fsp3) is 0.417. The molecule has 2 aromatic rings. The molecule has 2 rings (SSSR count). The summed E-state index contributed by atoms with van der Waals surface area (Å²) in [5, 5.41) is 11.2. The average Bonchev–Trinajstić information content (AvgIpc) is 2.70. The van der Waals surface area contributed by atoms with Crippen molar-refractivity contribution in [2.45, 2.75) is 44.5 Å². The van der Waals surface area contributed by atoms with Crippen molar-refractivity contribution in [3.8, 4) is 23.8 Å². The highest BCUT2D eigenvalue weighted by Gasteiger charge is 2.37. The average molecular weight is 413 g/mol. The van der Waals surface area contributed by atoms with E-state index in [1.54, 1.807) is 43.5 Å². The Bertz CT molecular complexity index is 829. The zero-order chi connectivity index (χ0) is 21.7. The van der Waals surface area contributed by atoms with Crippen LogP contribution >= 0.6 is 0 Å². The van der Waals surface area contributed by atoms with Gasteiger partial charge in [0, 0.05) is 11.1 Å². The molecule has 0 bridgehead atoms. The van der Waals surface area contributed by atoms with Crippen molar-refractivity contribution in [3.63, 3.8) is 0 Å². The lowest BCUT2D eigenvalue weighted by atomic mass is 9.87. The number of hydrogen-bond acceptors (Lipinski definition) is 4. The summed E-state index contributed by atoms with van der Waals surface area (Å²) in [5.74, 6) is 3.92. The zero-order valence-electron chi connectivity index (χ0n) is 18.3. The molecule has 156 valence electrons. The van der Waals surface area contributed by atoms with E-state index in [1.165, 1.54) is 0 Å². The van der Waals surface area contributed by atoms with Gasteiger partial charge >= 0.3 is 0 Å². The maximum Gasteiger partial charge on any atom is 0.192 e. The molecule has 0 aliphatic rings. The highest BCUT2D eigenvalue weighted by atomic mass is 28.4. The maximum atomic E-state index is 11.1. The molecule has 1 atom stereocenters. The summed E-state index contributed by atoms with van der Waals surface area (Å²) < 4.78 is 17.1. The molecule has 0 spiro atoms. The van der Waals surface area contributed by atoms with Gasteiger partial charge in [-0.15, -0.1) is 6.42 Å². The van der Waals surface area contributed by atoms with Gasteiger partial charge in [-0.05, 0) is 42.4 Å². The van der Waals surface area contributed by atoms with Crippen LogP contribution in [0.4, 0.5) is 0 Å². The predicted molar refractivity (Wildman–Crippen MR) is 120 cm³/mol. The molecule has 0 heterocycles. The van der Waals surface area contributed by atoms with E-state index in [4.69, 9.17) is 20.3 Å². The number of methoxy groups -OCH3 is 1. The molecule has 0 aliphatic heterocycles. The summed E-state index contributed by atoms with van der Waals surface area (Å²) in [6.45, 7) is 12.1. The molecule has 29 heavy (non-hydrogen) atoms. The smallest absolute Gasteiger partial charge is 0.192 e. The van der Waals surface area contributed by atoms with E-state index in [0.29, 0.717) is 35.8 Å². The maximum absolute atomic E-state index is 11.1. The van der Waals surface area contributed by atoms with Crippen LogP contribution in [0.1, 0.15) is 31.9 Å². The second-order valence-corrected chi connectivity index (χ2v) is 13.4. The van der Waals surface area contributed by atoms with Crippen LogP contribution < -0.4 is 9.47 Å². The molecule has 4 nitrogen and oxygen atoms in total. The molecule has 5 heteroatoms. The van der Waals surface area contributed by atoms with Crippen LogP contribution in [-0.4, -0.2) is 33.7 Å². The molecule has 0 aromatic heterocycles. The van der Waals surface area contributed by atoms with Crippen molar-refractivity contribution in [3.05, 3.63) is 59.7 Å². The predicted octanol–water partition coefficient (Wildman–Crippen LogP) is 4.96. The number of hydrogen-bond donors (Lipinski definition) is 1. The van der Waals surface area contributed by atoms with E-state index in [-0.39, 0.29) is 5.04 Å². The molecule has 0 aliphatic carbocycles. The summed E-state index contributed by atoms with van der Waals surface area (Å²) in [7, 11) is -0.175. The van der Waals surface area contributed by atoms with Crippen LogP contribution in [0.5, 0.6) is 11.5 Å². The Morgan fingerprint density at radius 2 is 1.38 bits per heavy atom. The standard InChI is InChI=1S/C24H32O4Si/c1-8-24(25,19-9-13-21(26-5)14-10-19)20-11-15-22(16-12-20)27-17-18-28-29(6,7)23(2,3)4/h1,9-16,25H,17-18H2,2-7H3. The third-order valence-corrected chi connectivity index (χ3v) is 10.1. The third-order valence-electron chi connectivity index (χ3n) is 5.61. The van der Waals surface area contributed by atoms with Crippen molar-refractivity contribution in [2.24, 2.45) is 0 Å². The molecule has 0 saturated carbocycles. The minimum Gasteiger partial charge on any atom is -0.497 e. The molecule has 0 fully saturated rings. The first kappa shape index (κ1) is 23.0. The SMILES string of the molecule is C#CC(O)(c1ccc(OC)cc1)c1ccc(OCCO[Si](C)(C)C(C)(C)C)cc1. The Hall–Kier alpha value is -2.26. The first-order valence-corrected chi connectivity index (χ1v) is 12.7. The number of rotatable bonds is 8.